The molecule has 184 valence electrons. The van der Waals surface area contributed by atoms with Gasteiger partial charge in [-0.15, -0.1) is 0 Å². The normalized spacial score (nSPS) is 17.9. The van der Waals surface area contributed by atoms with Crippen LogP contribution in [0.1, 0.15) is 34.7 Å². The van der Waals surface area contributed by atoms with Gasteiger partial charge in [0, 0.05) is 44.2 Å². The van der Waals surface area contributed by atoms with Gasteiger partial charge in [0.15, 0.2) is 0 Å². The number of aromatic amines is 1. The number of hydrogen-bond donors (Lipinski definition) is 1. The maximum atomic E-state index is 12.0. The number of ether oxygens (including phenoxy) is 2. The molecule has 1 N–H and O–H groups in total. The zero-order valence-corrected chi connectivity index (χ0v) is 20.4. The standard InChI is InChI=1S/C26H32N6O3/c1-4-23(33)31-9-11-32(12-10-31)25-19-7-6-18(15-22(19)28-26(29-25)35-14-13-34-3)24-17(2)5-8-21-20(24)16-27-30-21/h4-5,8,16,18H,1,6-7,9-15H2,2-3H3,(H,27,30). The second-order valence-corrected chi connectivity index (χ2v) is 9.18. The predicted molar refractivity (Wildman–Crippen MR) is 134 cm³/mol. The summed E-state index contributed by atoms with van der Waals surface area (Å²) in [7, 11) is 1.65. The van der Waals surface area contributed by atoms with Crippen LogP contribution in [-0.4, -0.2) is 77.5 Å². The van der Waals surface area contributed by atoms with E-state index in [0.717, 1.165) is 49.4 Å². The van der Waals surface area contributed by atoms with E-state index >= 15 is 0 Å². The van der Waals surface area contributed by atoms with Crippen LogP contribution in [0.5, 0.6) is 6.01 Å². The van der Waals surface area contributed by atoms with E-state index in [1.165, 1.54) is 28.2 Å². The number of rotatable bonds is 7. The van der Waals surface area contributed by atoms with Crippen LogP contribution in [0.25, 0.3) is 10.9 Å². The fourth-order valence-electron chi connectivity index (χ4n) is 5.32. The van der Waals surface area contributed by atoms with Gasteiger partial charge in [-0.25, -0.2) is 0 Å². The van der Waals surface area contributed by atoms with Crippen LogP contribution in [-0.2, 0) is 22.4 Å². The Morgan fingerprint density at radius 3 is 2.83 bits per heavy atom. The first-order chi connectivity index (χ1) is 17.1. The first kappa shape index (κ1) is 23.3. The second-order valence-electron chi connectivity index (χ2n) is 9.18. The van der Waals surface area contributed by atoms with E-state index in [1.807, 2.05) is 11.1 Å². The predicted octanol–water partition coefficient (Wildman–Crippen LogP) is 2.79. The molecule has 0 saturated carbocycles. The monoisotopic (exact) mass is 476 g/mol. The Morgan fingerprint density at radius 2 is 2.06 bits per heavy atom. The van der Waals surface area contributed by atoms with Crippen LogP contribution in [0.3, 0.4) is 0 Å². The molecular formula is C26H32N6O3. The number of piperazine rings is 1. The molecule has 1 unspecified atom stereocenters. The minimum atomic E-state index is -0.0235. The fourth-order valence-corrected chi connectivity index (χ4v) is 5.32. The molecule has 0 radical (unpaired) electrons. The quantitative estimate of drug-likeness (QED) is 0.414. The molecule has 1 saturated heterocycles. The summed E-state index contributed by atoms with van der Waals surface area (Å²) >= 11 is 0. The van der Waals surface area contributed by atoms with Crippen molar-refractivity contribution in [2.45, 2.75) is 32.1 Å². The summed E-state index contributed by atoms with van der Waals surface area (Å²) in [4.78, 5) is 25.8. The summed E-state index contributed by atoms with van der Waals surface area (Å²) in [5, 5.41) is 8.56. The number of fused-ring (bicyclic) bond motifs is 2. The van der Waals surface area contributed by atoms with E-state index in [0.29, 0.717) is 38.2 Å². The summed E-state index contributed by atoms with van der Waals surface area (Å²) in [5.74, 6) is 1.26. The van der Waals surface area contributed by atoms with E-state index in [9.17, 15) is 4.79 Å². The third kappa shape index (κ3) is 4.60. The van der Waals surface area contributed by atoms with Gasteiger partial charge in [0.05, 0.1) is 24.0 Å². The van der Waals surface area contributed by atoms with Gasteiger partial charge in [-0.1, -0.05) is 12.6 Å². The van der Waals surface area contributed by atoms with Crippen LogP contribution in [0.2, 0.25) is 0 Å². The maximum absolute atomic E-state index is 12.0. The molecule has 9 heteroatoms. The Morgan fingerprint density at radius 1 is 1.23 bits per heavy atom. The highest BCUT2D eigenvalue weighted by Crippen LogP contribution is 2.40. The van der Waals surface area contributed by atoms with Gasteiger partial charge in [0.25, 0.3) is 0 Å². The van der Waals surface area contributed by atoms with Crippen molar-refractivity contribution in [2.75, 3.05) is 51.4 Å². The Balaban J connectivity index is 1.46. The Kier molecular flexibility index (Phi) is 6.68. The van der Waals surface area contributed by atoms with Crippen LogP contribution in [0, 0.1) is 6.92 Å². The van der Waals surface area contributed by atoms with Gasteiger partial charge in [-0.3, -0.25) is 9.89 Å². The first-order valence-electron chi connectivity index (χ1n) is 12.2. The number of hydrogen-bond acceptors (Lipinski definition) is 7. The average molecular weight is 477 g/mol. The van der Waals surface area contributed by atoms with Crippen molar-refractivity contribution in [3.05, 3.63) is 53.4 Å². The minimum absolute atomic E-state index is 0.0235. The summed E-state index contributed by atoms with van der Waals surface area (Å²) < 4.78 is 11.0. The molecule has 3 heterocycles. The molecule has 2 aromatic heterocycles. The fraction of sp³-hybridized carbons (Fsp3) is 0.462. The molecular weight excluding hydrogens is 444 g/mol. The van der Waals surface area contributed by atoms with Gasteiger partial charge in [0.1, 0.15) is 12.4 Å². The van der Waals surface area contributed by atoms with Crippen LogP contribution >= 0.6 is 0 Å². The van der Waals surface area contributed by atoms with Crippen molar-refractivity contribution in [3.8, 4) is 6.01 Å². The van der Waals surface area contributed by atoms with E-state index in [-0.39, 0.29) is 5.91 Å². The van der Waals surface area contributed by atoms with Crippen molar-refractivity contribution in [1.29, 1.82) is 0 Å². The highest BCUT2D eigenvalue weighted by atomic mass is 16.5. The van der Waals surface area contributed by atoms with Gasteiger partial charge in [-0.05, 0) is 55.4 Å². The van der Waals surface area contributed by atoms with E-state index in [4.69, 9.17) is 19.4 Å². The number of nitrogens with zero attached hydrogens (tertiary/aromatic N) is 5. The Labute approximate surface area is 205 Å². The number of aryl methyl sites for hydroxylation is 1. The smallest absolute Gasteiger partial charge is 0.318 e. The van der Waals surface area contributed by atoms with Crippen molar-refractivity contribution in [3.63, 3.8) is 0 Å². The van der Waals surface area contributed by atoms with E-state index < -0.39 is 0 Å². The molecule has 5 rings (SSSR count). The molecule has 1 fully saturated rings. The van der Waals surface area contributed by atoms with E-state index in [2.05, 4.69) is 40.7 Å². The lowest BCUT2D eigenvalue weighted by Crippen LogP contribution is -2.49. The SMILES string of the molecule is C=CC(=O)N1CCN(c2nc(OCCOC)nc3c2CCC(c2c(C)ccc4[nH]ncc24)C3)CC1. The van der Waals surface area contributed by atoms with Crippen molar-refractivity contribution >= 4 is 22.6 Å². The molecule has 1 amide bonds. The number of aromatic nitrogens is 4. The summed E-state index contributed by atoms with van der Waals surface area (Å²) in [6, 6.07) is 4.65. The Hall–Kier alpha value is -3.46. The molecule has 3 aromatic rings. The van der Waals surface area contributed by atoms with Crippen LogP contribution in [0.15, 0.2) is 31.0 Å². The maximum Gasteiger partial charge on any atom is 0.318 e. The summed E-state index contributed by atoms with van der Waals surface area (Å²) in [6.45, 7) is 9.39. The molecule has 1 aromatic carbocycles. The summed E-state index contributed by atoms with van der Waals surface area (Å²) in [6.07, 6.45) is 6.06. The van der Waals surface area contributed by atoms with Crippen molar-refractivity contribution in [1.82, 2.24) is 25.1 Å². The Bertz CT molecular complexity index is 1230. The number of nitrogens with one attached hydrogen (secondary N) is 1. The van der Waals surface area contributed by atoms with Gasteiger partial charge in [0.2, 0.25) is 5.91 Å². The molecule has 9 nitrogen and oxygen atoms in total. The number of methoxy groups -OCH3 is 1. The molecule has 1 atom stereocenters. The van der Waals surface area contributed by atoms with Gasteiger partial charge >= 0.3 is 6.01 Å². The summed E-state index contributed by atoms with van der Waals surface area (Å²) in [5.41, 5.74) is 5.93. The highest BCUT2D eigenvalue weighted by Gasteiger charge is 2.30. The number of H-pyrrole nitrogens is 1. The van der Waals surface area contributed by atoms with Gasteiger partial charge in [-0.2, -0.15) is 15.1 Å². The van der Waals surface area contributed by atoms with E-state index in [1.54, 1.807) is 7.11 Å². The van der Waals surface area contributed by atoms with Crippen LogP contribution in [0.4, 0.5) is 5.82 Å². The molecule has 2 aliphatic rings. The third-order valence-electron chi connectivity index (χ3n) is 7.11. The molecule has 1 aliphatic heterocycles. The molecule has 35 heavy (non-hydrogen) atoms. The first-order valence-corrected chi connectivity index (χ1v) is 12.2. The number of carbonyl (C=O) groups is 1. The number of anilines is 1. The van der Waals surface area contributed by atoms with Crippen LogP contribution < -0.4 is 9.64 Å². The second kappa shape index (κ2) is 10.0. The molecule has 1 aliphatic carbocycles. The largest absolute Gasteiger partial charge is 0.461 e. The lowest BCUT2D eigenvalue weighted by molar-refractivity contribution is -0.126. The topological polar surface area (TPSA) is 96.5 Å². The lowest BCUT2D eigenvalue weighted by Gasteiger charge is -2.37. The zero-order chi connectivity index (χ0) is 24.4. The third-order valence-corrected chi connectivity index (χ3v) is 7.11. The zero-order valence-electron chi connectivity index (χ0n) is 20.4. The van der Waals surface area contributed by atoms with Crippen molar-refractivity contribution < 1.29 is 14.3 Å². The minimum Gasteiger partial charge on any atom is -0.461 e. The average Bonchev–Trinajstić information content (AvgIpc) is 3.36. The number of carbonyl (C=O) groups excluding carboxylic acids is 1. The lowest BCUT2D eigenvalue weighted by atomic mass is 9.79. The van der Waals surface area contributed by atoms with Crippen molar-refractivity contribution in [2.24, 2.45) is 0 Å². The highest BCUT2D eigenvalue weighted by molar-refractivity contribution is 5.87. The number of amides is 1. The number of benzene rings is 1. The van der Waals surface area contributed by atoms with Gasteiger partial charge < -0.3 is 19.3 Å². The molecule has 0 spiro atoms. The molecule has 0 bridgehead atoms.